The van der Waals surface area contributed by atoms with Gasteiger partial charge in [0.25, 0.3) is 0 Å². The summed E-state index contributed by atoms with van der Waals surface area (Å²) in [5.74, 6) is -0.595. The van der Waals surface area contributed by atoms with Crippen LogP contribution >= 0.6 is 0 Å². The lowest BCUT2D eigenvalue weighted by Gasteiger charge is -1.94. The Morgan fingerprint density at radius 3 is 1.57 bits per heavy atom. The van der Waals surface area contributed by atoms with Crippen LogP contribution in [0.4, 0.5) is 36.6 Å². The molecule has 0 radical (unpaired) electrons. The number of alkyl halides is 6. The van der Waals surface area contributed by atoms with Crippen molar-refractivity contribution in [2.24, 2.45) is 5.84 Å². The molecule has 14 heteroatoms. The van der Waals surface area contributed by atoms with Gasteiger partial charge < -0.3 is 15.6 Å². The number of pyridine rings is 1. The van der Waals surface area contributed by atoms with Gasteiger partial charge in [-0.2, -0.15) is 26.3 Å². The van der Waals surface area contributed by atoms with Crippen molar-refractivity contribution in [1.82, 2.24) is 4.98 Å². The summed E-state index contributed by atoms with van der Waals surface area (Å²) in [7, 11) is 0. The maximum Gasteiger partial charge on any atom is 0.490 e. The van der Waals surface area contributed by atoms with Crippen molar-refractivity contribution in [1.29, 1.82) is 0 Å². The van der Waals surface area contributed by atoms with Crippen LogP contribution in [0.1, 0.15) is 0 Å². The average Bonchev–Trinajstić information content (AvgIpc) is 2.37. The number of aromatic nitrogens is 1. The van der Waals surface area contributed by atoms with Crippen LogP contribution < -0.4 is 11.3 Å². The number of hydrazine groups is 1. The third kappa shape index (κ3) is 12.8. The second kappa shape index (κ2) is 9.39. The van der Waals surface area contributed by atoms with Crippen LogP contribution in [0.15, 0.2) is 18.3 Å². The Hall–Kier alpha value is -2.64. The maximum absolute atomic E-state index is 12.2. The van der Waals surface area contributed by atoms with Crippen molar-refractivity contribution in [2.45, 2.75) is 12.4 Å². The molecule has 0 aliphatic heterocycles. The summed E-state index contributed by atoms with van der Waals surface area (Å²) in [5, 5.41) is 14.2. The summed E-state index contributed by atoms with van der Waals surface area (Å²) >= 11 is 0. The van der Waals surface area contributed by atoms with Crippen molar-refractivity contribution >= 4 is 17.8 Å². The predicted octanol–water partition coefficient (Wildman–Crippen LogP) is 1.77. The monoisotopic (exact) mass is 355 g/mol. The summed E-state index contributed by atoms with van der Waals surface area (Å²) in [6.45, 7) is 0. The first-order valence-corrected chi connectivity index (χ1v) is 4.90. The molecule has 1 heterocycles. The molecule has 0 bridgehead atoms. The number of nitrogens with one attached hydrogen (secondary N) is 1. The van der Waals surface area contributed by atoms with E-state index in [0.29, 0.717) is 5.82 Å². The second-order valence-corrected chi connectivity index (χ2v) is 3.11. The topological polar surface area (TPSA) is 126 Å². The van der Waals surface area contributed by atoms with E-state index in [1.165, 1.54) is 18.3 Å². The molecule has 1 rings (SSSR count). The zero-order valence-electron chi connectivity index (χ0n) is 10.6. The Morgan fingerprint density at radius 2 is 1.39 bits per heavy atom. The number of hydrogen-bond acceptors (Lipinski definition) is 5. The molecule has 1 aromatic rings. The maximum atomic E-state index is 12.2. The molecule has 0 aliphatic rings. The van der Waals surface area contributed by atoms with Gasteiger partial charge in [-0.25, -0.2) is 24.8 Å². The summed E-state index contributed by atoms with van der Waals surface area (Å²) < 4.78 is 75.7. The van der Waals surface area contributed by atoms with Crippen molar-refractivity contribution in [3.63, 3.8) is 0 Å². The third-order valence-corrected chi connectivity index (χ3v) is 1.35. The van der Waals surface area contributed by atoms with Gasteiger partial charge in [-0.3, -0.25) is 0 Å². The van der Waals surface area contributed by atoms with Crippen molar-refractivity contribution < 1.29 is 50.5 Å². The fourth-order valence-corrected chi connectivity index (χ4v) is 0.484. The zero-order chi connectivity index (χ0) is 18.8. The van der Waals surface area contributed by atoms with E-state index < -0.39 is 24.3 Å². The Kier molecular flexibility index (Phi) is 9.24. The lowest BCUT2D eigenvalue weighted by molar-refractivity contribution is -0.193. The predicted molar refractivity (Wildman–Crippen MR) is 59.4 cm³/mol. The van der Waals surface area contributed by atoms with Crippen LogP contribution in [-0.2, 0) is 9.59 Å². The molecule has 23 heavy (non-hydrogen) atoms. The lowest BCUT2D eigenvalue weighted by atomic mass is 10.4. The molecule has 1 aromatic heterocycles. The van der Waals surface area contributed by atoms with E-state index in [2.05, 4.69) is 10.4 Å². The normalized spacial score (nSPS) is 10.4. The van der Waals surface area contributed by atoms with E-state index in [4.69, 9.17) is 25.6 Å². The van der Waals surface area contributed by atoms with E-state index in [9.17, 15) is 30.7 Å². The SMILES string of the molecule is NNc1cc(F)ccn1.O=C(O)C(F)(F)F.O=C(O)C(F)(F)F. The third-order valence-electron chi connectivity index (χ3n) is 1.35. The fourth-order valence-electron chi connectivity index (χ4n) is 0.484. The molecule has 0 atom stereocenters. The number of nitrogens with two attached hydrogens (primary N) is 1. The Bertz CT molecular complexity index is 495. The van der Waals surface area contributed by atoms with Crippen LogP contribution in [-0.4, -0.2) is 39.5 Å². The van der Waals surface area contributed by atoms with Gasteiger partial charge in [0.2, 0.25) is 0 Å². The van der Waals surface area contributed by atoms with Crippen LogP contribution in [0.2, 0.25) is 0 Å². The zero-order valence-corrected chi connectivity index (χ0v) is 10.6. The molecule has 132 valence electrons. The minimum absolute atomic E-state index is 0.329. The van der Waals surface area contributed by atoms with Gasteiger partial charge in [0.15, 0.2) is 0 Å². The van der Waals surface area contributed by atoms with Crippen molar-refractivity contribution in [2.75, 3.05) is 5.43 Å². The van der Waals surface area contributed by atoms with E-state index in [1.54, 1.807) is 0 Å². The summed E-state index contributed by atoms with van der Waals surface area (Å²) in [4.78, 5) is 21.5. The number of carboxylic acids is 2. The number of halogens is 7. The second-order valence-electron chi connectivity index (χ2n) is 3.11. The average molecular weight is 355 g/mol. The number of aliphatic carboxylic acids is 2. The molecular formula is C9H8F7N3O4. The van der Waals surface area contributed by atoms with Crippen molar-refractivity contribution in [3.05, 3.63) is 24.1 Å². The fraction of sp³-hybridized carbons (Fsp3) is 0.222. The minimum Gasteiger partial charge on any atom is -0.475 e. The molecule has 7 nitrogen and oxygen atoms in total. The minimum atomic E-state index is -5.08. The Balaban J connectivity index is 0. The van der Waals surface area contributed by atoms with E-state index in [-0.39, 0.29) is 5.82 Å². The van der Waals surface area contributed by atoms with E-state index in [1.807, 2.05) is 0 Å². The van der Waals surface area contributed by atoms with Crippen LogP contribution in [0, 0.1) is 5.82 Å². The smallest absolute Gasteiger partial charge is 0.475 e. The molecular weight excluding hydrogens is 347 g/mol. The molecule has 0 spiro atoms. The first kappa shape index (κ1) is 22.6. The van der Waals surface area contributed by atoms with Gasteiger partial charge in [0.1, 0.15) is 11.6 Å². The first-order valence-electron chi connectivity index (χ1n) is 4.90. The Labute approximate surface area is 122 Å². The lowest BCUT2D eigenvalue weighted by Crippen LogP contribution is -2.21. The standard InChI is InChI=1S/C5H6FN3.2C2HF3O2/c6-4-1-2-8-5(3-4)9-7;2*3-2(4,5)1(6)7/h1-3H,7H2,(H,8,9);2*(H,6,7). The molecule has 0 fully saturated rings. The highest BCUT2D eigenvalue weighted by atomic mass is 19.4. The van der Waals surface area contributed by atoms with E-state index >= 15 is 0 Å². The molecule has 5 N–H and O–H groups in total. The number of anilines is 1. The quantitative estimate of drug-likeness (QED) is 0.344. The number of hydrogen-bond donors (Lipinski definition) is 4. The Morgan fingerprint density at radius 1 is 1.04 bits per heavy atom. The van der Waals surface area contributed by atoms with Crippen molar-refractivity contribution in [3.8, 4) is 0 Å². The van der Waals surface area contributed by atoms with Crippen LogP contribution in [0.25, 0.3) is 0 Å². The highest BCUT2D eigenvalue weighted by Crippen LogP contribution is 2.13. The molecule has 0 saturated carbocycles. The number of rotatable bonds is 1. The molecule has 0 aromatic carbocycles. The molecule has 0 aliphatic carbocycles. The summed E-state index contributed by atoms with van der Waals surface area (Å²) in [6.07, 6.45) is -8.83. The number of carbonyl (C=O) groups is 2. The van der Waals surface area contributed by atoms with Crippen LogP contribution in [0.5, 0.6) is 0 Å². The summed E-state index contributed by atoms with van der Waals surface area (Å²) in [5.41, 5.74) is 2.22. The highest BCUT2D eigenvalue weighted by Gasteiger charge is 2.38. The molecule has 0 amide bonds. The first-order chi connectivity index (χ1) is 10.2. The largest absolute Gasteiger partial charge is 0.490 e. The number of nitrogen functional groups attached to an aromatic ring is 1. The van der Waals surface area contributed by atoms with Gasteiger partial charge in [0.05, 0.1) is 0 Å². The van der Waals surface area contributed by atoms with Gasteiger partial charge in [-0.05, 0) is 6.07 Å². The summed E-state index contributed by atoms with van der Waals surface area (Å²) in [6, 6.07) is 2.46. The highest BCUT2D eigenvalue weighted by molar-refractivity contribution is 5.73. The number of nitrogens with zero attached hydrogens (tertiary/aromatic N) is 1. The number of carboxylic acid groups (broad SMARTS) is 2. The molecule has 0 saturated heterocycles. The van der Waals surface area contributed by atoms with Gasteiger partial charge in [0, 0.05) is 12.3 Å². The van der Waals surface area contributed by atoms with Crippen LogP contribution in [0.3, 0.4) is 0 Å². The molecule has 0 unspecified atom stereocenters. The van der Waals surface area contributed by atoms with Gasteiger partial charge in [-0.1, -0.05) is 0 Å². The van der Waals surface area contributed by atoms with Gasteiger partial charge >= 0.3 is 24.3 Å². The van der Waals surface area contributed by atoms with E-state index in [0.717, 1.165) is 0 Å². The van der Waals surface area contributed by atoms with Gasteiger partial charge in [-0.15, -0.1) is 0 Å².